The number of piperidine rings is 2. The highest BCUT2D eigenvalue weighted by atomic mass is 35.5. The van der Waals surface area contributed by atoms with Crippen LogP contribution in [-0.2, 0) is 10.2 Å². The molecule has 1 N–H and O–H groups in total. The lowest BCUT2D eigenvalue weighted by atomic mass is 9.74. The maximum absolute atomic E-state index is 12.7. The van der Waals surface area contributed by atoms with Crippen LogP contribution in [0.25, 0.3) is 0 Å². The number of likely N-dealkylation sites (tertiary alicyclic amines) is 1. The average Bonchev–Trinajstić information content (AvgIpc) is 2.56. The molecular weight excluding hydrogens is 308 g/mol. The van der Waals surface area contributed by atoms with Gasteiger partial charge in [0.05, 0.1) is 0 Å². The van der Waals surface area contributed by atoms with Crippen molar-refractivity contribution in [3.05, 3.63) is 35.9 Å². The molecule has 0 aromatic heterocycles. The summed E-state index contributed by atoms with van der Waals surface area (Å²) in [4.78, 5) is 14.9. The summed E-state index contributed by atoms with van der Waals surface area (Å²) in [6, 6.07) is 11.2. The fourth-order valence-electron chi connectivity index (χ4n) is 3.96. The van der Waals surface area contributed by atoms with Crippen LogP contribution in [0, 0.1) is 5.92 Å². The normalized spacial score (nSPS) is 27.1. The van der Waals surface area contributed by atoms with Crippen molar-refractivity contribution in [1.82, 2.24) is 10.2 Å². The number of benzene rings is 1. The number of hydrogen-bond donors (Lipinski definition) is 1. The molecule has 1 aromatic carbocycles. The molecule has 0 radical (unpaired) electrons. The summed E-state index contributed by atoms with van der Waals surface area (Å²) in [6.07, 6.45) is 4.13. The molecule has 128 valence electrons. The molecule has 23 heavy (non-hydrogen) atoms. The van der Waals surface area contributed by atoms with Gasteiger partial charge in [0.1, 0.15) is 0 Å². The maximum Gasteiger partial charge on any atom is 0.225 e. The van der Waals surface area contributed by atoms with Crippen LogP contribution in [0.5, 0.6) is 0 Å². The Kier molecular flexibility index (Phi) is 6.10. The molecule has 2 atom stereocenters. The van der Waals surface area contributed by atoms with Crippen LogP contribution in [0.15, 0.2) is 30.3 Å². The Labute approximate surface area is 146 Å². The Balaban J connectivity index is 0.00000192. The van der Waals surface area contributed by atoms with Gasteiger partial charge in [-0.15, -0.1) is 12.4 Å². The Morgan fingerprint density at radius 2 is 1.87 bits per heavy atom. The van der Waals surface area contributed by atoms with E-state index in [0.717, 1.165) is 45.3 Å². The number of carbonyl (C=O) groups excluding carboxylic acids is 1. The number of amides is 1. The van der Waals surface area contributed by atoms with Crippen LogP contribution >= 0.6 is 12.4 Å². The predicted octanol–water partition coefficient (Wildman–Crippen LogP) is 3.38. The lowest BCUT2D eigenvalue weighted by Gasteiger charge is -2.41. The molecule has 0 bridgehead atoms. The Bertz CT molecular complexity index is 511. The molecule has 3 nitrogen and oxygen atoms in total. The first kappa shape index (κ1) is 18.3. The van der Waals surface area contributed by atoms with E-state index in [1.54, 1.807) is 0 Å². The summed E-state index contributed by atoms with van der Waals surface area (Å²) in [6.45, 7) is 7.32. The predicted molar refractivity (Wildman–Crippen MR) is 97.0 cm³/mol. The van der Waals surface area contributed by atoms with E-state index in [4.69, 9.17) is 0 Å². The molecule has 1 amide bonds. The van der Waals surface area contributed by atoms with E-state index in [-0.39, 0.29) is 23.7 Å². The number of rotatable bonds is 2. The maximum atomic E-state index is 12.7. The fraction of sp³-hybridized carbons (Fsp3) is 0.632. The highest BCUT2D eigenvalue weighted by Crippen LogP contribution is 2.35. The largest absolute Gasteiger partial charge is 0.342 e. The molecule has 0 spiro atoms. The van der Waals surface area contributed by atoms with Crippen LogP contribution in [0.4, 0.5) is 0 Å². The summed E-state index contributed by atoms with van der Waals surface area (Å²) in [5.74, 6) is 0.626. The topological polar surface area (TPSA) is 32.3 Å². The zero-order valence-corrected chi connectivity index (χ0v) is 15.1. The molecule has 4 heteroatoms. The smallest absolute Gasteiger partial charge is 0.225 e. The van der Waals surface area contributed by atoms with E-state index in [2.05, 4.69) is 54.4 Å². The lowest BCUT2D eigenvalue weighted by molar-refractivity contribution is -0.138. The van der Waals surface area contributed by atoms with Crippen LogP contribution in [-0.4, -0.2) is 36.5 Å². The summed E-state index contributed by atoms with van der Waals surface area (Å²) >= 11 is 0. The summed E-state index contributed by atoms with van der Waals surface area (Å²) in [5.41, 5.74) is 1.64. The third-order valence-corrected chi connectivity index (χ3v) is 5.62. The minimum absolute atomic E-state index is 0. The van der Waals surface area contributed by atoms with Crippen molar-refractivity contribution in [2.24, 2.45) is 5.92 Å². The second-order valence-corrected chi connectivity index (χ2v) is 7.33. The summed E-state index contributed by atoms with van der Waals surface area (Å²) in [7, 11) is 0. The van der Waals surface area contributed by atoms with Gasteiger partial charge in [-0.3, -0.25) is 4.79 Å². The molecule has 0 saturated carbocycles. The zero-order chi connectivity index (χ0) is 15.6. The highest BCUT2D eigenvalue weighted by Gasteiger charge is 2.35. The van der Waals surface area contributed by atoms with Crippen LogP contribution in [0.2, 0.25) is 0 Å². The van der Waals surface area contributed by atoms with E-state index >= 15 is 0 Å². The zero-order valence-electron chi connectivity index (χ0n) is 14.3. The van der Waals surface area contributed by atoms with Crippen LogP contribution < -0.4 is 5.32 Å². The summed E-state index contributed by atoms with van der Waals surface area (Å²) < 4.78 is 0. The van der Waals surface area contributed by atoms with E-state index in [0.29, 0.717) is 11.9 Å². The van der Waals surface area contributed by atoms with Crippen molar-refractivity contribution < 1.29 is 4.79 Å². The van der Waals surface area contributed by atoms with Gasteiger partial charge in [0.15, 0.2) is 0 Å². The second kappa shape index (κ2) is 7.67. The van der Waals surface area contributed by atoms with Gasteiger partial charge < -0.3 is 10.2 Å². The number of carbonyl (C=O) groups is 1. The molecule has 0 unspecified atom stereocenters. The molecule has 2 heterocycles. The lowest BCUT2D eigenvalue weighted by Crippen LogP contribution is -2.48. The van der Waals surface area contributed by atoms with Crippen molar-refractivity contribution in [2.75, 3.05) is 19.6 Å². The third-order valence-electron chi connectivity index (χ3n) is 5.62. The molecule has 1 aromatic rings. The second-order valence-electron chi connectivity index (χ2n) is 7.33. The number of hydrogen-bond acceptors (Lipinski definition) is 2. The Hall–Kier alpha value is -1.06. The van der Waals surface area contributed by atoms with Crippen molar-refractivity contribution in [2.45, 2.75) is 51.0 Å². The highest BCUT2D eigenvalue weighted by molar-refractivity contribution is 5.85. The van der Waals surface area contributed by atoms with Gasteiger partial charge >= 0.3 is 0 Å². The van der Waals surface area contributed by atoms with Crippen molar-refractivity contribution >= 4 is 18.3 Å². The SMILES string of the molecule is C[C@H]1C[C@@H](C(=O)N2CCC(C)(c3ccccc3)CC2)CCN1.Cl. The van der Waals surface area contributed by atoms with Crippen molar-refractivity contribution in [3.8, 4) is 0 Å². The minimum Gasteiger partial charge on any atom is -0.342 e. The standard InChI is InChI=1S/C19H28N2O.ClH/c1-15-14-16(8-11-20-15)18(22)21-12-9-19(2,10-13-21)17-6-4-3-5-7-17;/h3-7,15-16,20H,8-14H2,1-2H3;1H/t15-,16-;/m0./s1. The quantitative estimate of drug-likeness (QED) is 0.898. The fourth-order valence-corrected chi connectivity index (χ4v) is 3.96. The first-order chi connectivity index (χ1) is 10.6. The van der Waals surface area contributed by atoms with Gasteiger partial charge in [-0.1, -0.05) is 37.3 Å². The first-order valence-corrected chi connectivity index (χ1v) is 8.66. The van der Waals surface area contributed by atoms with Gasteiger partial charge in [0.25, 0.3) is 0 Å². The third kappa shape index (κ3) is 4.07. The number of halogens is 1. The Morgan fingerprint density at radius 3 is 2.48 bits per heavy atom. The van der Waals surface area contributed by atoms with E-state index in [9.17, 15) is 4.79 Å². The molecule has 3 rings (SSSR count). The summed E-state index contributed by atoms with van der Waals surface area (Å²) in [5, 5.41) is 3.43. The minimum atomic E-state index is 0. The van der Waals surface area contributed by atoms with Crippen LogP contribution in [0.1, 0.15) is 45.1 Å². The van der Waals surface area contributed by atoms with E-state index in [1.807, 2.05) is 0 Å². The van der Waals surface area contributed by atoms with Gasteiger partial charge in [-0.25, -0.2) is 0 Å². The average molecular weight is 337 g/mol. The first-order valence-electron chi connectivity index (χ1n) is 8.66. The number of nitrogens with zero attached hydrogens (tertiary/aromatic N) is 1. The molecule has 2 saturated heterocycles. The molecule has 0 aliphatic carbocycles. The van der Waals surface area contributed by atoms with E-state index < -0.39 is 0 Å². The van der Waals surface area contributed by atoms with Crippen LogP contribution in [0.3, 0.4) is 0 Å². The molecule has 2 aliphatic rings. The van der Waals surface area contributed by atoms with Crippen molar-refractivity contribution in [1.29, 1.82) is 0 Å². The van der Waals surface area contributed by atoms with Gasteiger partial charge in [0, 0.05) is 25.0 Å². The van der Waals surface area contributed by atoms with Gasteiger partial charge in [-0.2, -0.15) is 0 Å². The van der Waals surface area contributed by atoms with E-state index in [1.165, 1.54) is 5.56 Å². The Morgan fingerprint density at radius 1 is 1.22 bits per heavy atom. The molecule has 2 fully saturated rings. The molecular formula is C19H29ClN2O. The van der Waals surface area contributed by atoms with Gasteiger partial charge in [-0.05, 0) is 50.1 Å². The monoisotopic (exact) mass is 336 g/mol. The van der Waals surface area contributed by atoms with Gasteiger partial charge in [0.2, 0.25) is 5.91 Å². The number of nitrogens with one attached hydrogen (secondary N) is 1. The molecule has 2 aliphatic heterocycles. The van der Waals surface area contributed by atoms with Crippen molar-refractivity contribution in [3.63, 3.8) is 0 Å².